The molecule has 0 amide bonds. The number of hydrogen-bond donors (Lipinski definition) is 1. The highest BCUT2D eigenvalue weighted by Gasteiger charge is 2.01. The first kappa shape index (κ1) is 7.31. The Morgan fingerprint density at radius 1 is 1.50 bits per heavy atom. The highest BCUT2D eigenvalue weighted by molar-refractivity contribution is 5.82. The molecule has 0 unspecified atom stereocenters. The summed E-state index contributed by atoms with van der Waals surface area (Å²) in [6, 6.07) is 2.07. The number of pyridine rings is 1. The fraction of sp³-hybridized carbons (Fsp3) is 0.222. The zero-order chi connectivity index (χ0) is 8.55. The quantitative estimate of drug-likeness (QED) is 0.679. The van der Waals surface area contributed by atoms with Gasteiger partial charge in [-0.3, -0.25) is 4.98 Å². The molecular weight excluding hydrogens is 150 g/mol. The maximum absolute atomic E-state index is 5.58. The first-order valence-electron chi connectivity index (χ1n) is 3.91. The number of nitrogens with zero attached hydrogens (tertiary/aromatic N) is 2. The van der Waals surface area contributed by atoms with Crippen LogP contribution in [0.25, 0.3) is 10.9 Å². The summed E-state index contributed by atoms with van der Waals surface area (Å²) in [7, 11) is 2.00. The Kier molecular flexibility index (Phi) is 1.59. The molecule has 62 valence electrons. The molecule has 0 aliphatic carbocycles. The number of aromatic nitrogens is 2. The summed E-state index contributed by atoms with van der Waals surface area (Å²) in [5.41, 5.74) is 7.82. The Bertz CT molecular complexity index is 403. The molecule has 3 nitrogen and oxygen atoms in total. The molecule has 2 aromatic rings. The Morgan fingerprint density at radius 2 is 2.33 bits per heavy atom. The SMILES string of the molecule is Cn1ccc2c(CN)cncc21. The standard InChI is InChI=1S/C9H11N3/c1-12-3-2-8-7(4-10)5-11-6-9(8)12/h2-3,5-6H,4,10H2,1H3. The van der Waals surface area contributed by atoms with E-state index in [-0.39, 0.29) is 0 Å². The third-order valence-electron chi connectivity index (χ3n) is 2.11. The molecule has 0 fully saturated rings. The zero-order valence-corrected chi connectivity index (χ0v) is 6.99. The molecular formula is C9H11N3. The highest BCUT2D eigenvalue weighted by atomic mass is 14.9. The molecule has 0 aromatic carbocycles. The predicted molar refractivity (Wildman–Crippen MR) is 48.6 cm³/mol. The maximum Gasteiger partial charge on any atom is 0.0667 e. The number of rotatable bonds is 1. The van der Waals surface area contributed by atoms with Crippen LogP contribution in [0.1, 0.15) is 5.56 Å². The third kappa shape index (κ3) is 0.905. The Labute approximate surface area is 70.8 Å². The molecule has 0 saturated heterocycles. The van der Waals surface area contributed by atoms with Gasteiger partial charge in [0.1, 0.15) is 0 Å². The van der Waals surface area contributed by atoms with Crippen molar-refractivity contribution in [2.45, 2.75) is 6.54 Å². The summed E-state index contributed by atoms with van der Waals surface area (Å²) in [5, 5.41) is 1.20. The Balaban J connectivity index is 2.81. The van der Waals surface area contributed by atoms with Crippen LogP contribution in [0, 0.1) is 0 Å². The minimum Gasteiger partial charge on any atom is -0.349 e. The van der Waals surface area contributed by atoms with Crippen molar-refractivity contribution in [3.8, 4) is 0 Å². The van der Waals surface area contributed by atoms with Crippen molar-refractivity contribution in [2.24, 2.45) is 12.8 Å². The van der Waals surface area contributed by atoms with E-state index in [0.29, 0.717) is 6.54 Å². The van der Waals surface area contributed by atoms with E-state index in [2.05, 4.69) is 11.1 Å². The van der Waals surface area contributed by atoms with Crippen LogP contribution in [-0.2, 0) is 13.6 Å². The first-order chi connectivity index (χ1) is 5.83. The van der Waals surface area contributed by atoms with Crippen LogP contribution in [-0.4, -0.2) is 9.55 Å². The van der Waals surface area contributed by atoms with Gasteiger partial charge >= 0.3 is 0 Å². The van der Waals surface area contributed by atoms with Gasteiger partial charge in [0, 0.05) is 31.4 Å². The molecule has 2 rings (SSSR count). The summed E-state index contributed by atoms with van der Waals surface area (Å²) in [4.78, 5) is 4.12. The fourth-order valence-corrected chi connectivity index (χ4v) is 1.40. The molecule has 12 heavy (non-hydrogen) atoms. The Morgan fingerprint density at radius 3 is 3.08 bits per heavy atom. The lowest BCUT2D eigenvalue weighted by atomic mass is 10.2. The minimum atomic E-state index is 0.550. The molecule has 0 aliphatic rings. The number of hydrogen-bond acceptors (Lipinski definition) is 2. The van der Waals surface area contributed by atoms with E-state index >= 15 is 0 Å². The van der Waals surface area contributed by atoms with E-state index in [1.165, 1.54) is 5.39 Å². The summed E-state index contributed by atoms with van der Waals surface area (Å²) < 4.78 is 2.04. The third-order valence-corrected chi connectivity index (χ3v) is 2.11. The molecule has 3 heteroatoms. The van der Waals surface area contributed by atoms with Crippen molar-refractivity contribution >= 4 is 10.9 Å². The number of nitrogens with two attached hydrogens (primary N) is 1. The summed E-state index contributed by atoms with van der Waals surface area (Å²) >= 11 is 0. The van der Waals surface area contributed by atoms with E-state index in [1.807, 2.05) is 30.2 Å². The minimum absolute atomic E-state index is 0.550. The van der Waals surface area contributed by atoms with Crippen molar-refractivity contribution in [1.29, 1.82) is 0 Å². The van der Waals surface area contributed by atoms with Crippen LogP contribution in [0.2, 0.25) is 0 Å². The molecule has 2 aromatic heterocycles. The van der Waals surface area contributed by atoms with Gasteiger partial charge in [-0.25, -0.2) is 0 Å². The largest absolute Gasteiger partial charge is 0.349 e. The predicted octanol–water partition coefficient (Wildman–Crippen LogP) is 1.03. The Hall–Kier alpha value is -1.35. The average molecular weight is 161 g/mol. The molecule has 0 aliphatic heterocycles. The molecule has 0 bridgehead atoms. The molecule has 2 N–H and O–H groups in total. The lowest BCUT2D eigenvalue weighted by Crippen LogP contribution is -1.97. The fourth-order valence-electron chi connectivity index (χ4n) is 1.40. The van der Waals surface area contributed by atoms with Gasteiger partial charge in [0.25, 0.3) is 0 Å². The first-order valence-corrected chi connectivity index (χ1v) is 3.91. The van der Waals surface area contributed by atoms with Crippen molar-refractivity contribution < 1.29 is 0 Å². The smallest absolute Gasteiger partial charge is 0.0667 e. The normalized spacial score (nSPS) is 10.8. The van der Waals surface area contributed by atoms with Crippen LogP contribution in [0.3, 0.4) is 0 Å². The van der Waals surface area contributed by atoms with Gasteiger partial charge in [0.05, 0.1) is 11.7 Å². The topological polar surface area (TPSA) is 43.8 Å². The highest BCUT2D eigenvalue weighted by Crippen LogP contribution is 2.16. The van der Waals surface area contributed by atoms with Crippen LogP contribution < -0.4 is 5.73 Å². The van der Waals surface area contributed by atoms with Crippen molar-refractivity contribution in [1.82, 2.24) is 9.55 Å². The summed E-state index contributed by atoms with van der Waals surface area (Å²) in [6.07, 6.45) is 5.70. The lowest BCUT2D eigenvalue weighted by molar-refractivity contribution is 0.962. The van der Waals surface area contributed by atoms with Crippen LogP contribution in [0.5, 0.6) is 0 Å². The number of aryl methyl sites for hydroxylation is 1. The molecule has 0 saturated carbocycles. The van der Waals surface area contributed by atoms with Gasteiger partial charge < -0.3 is 10.3 Å². The number of fused-ring (bicyclic) bond motifs is 1. The van der Waals surface area contributed by atoms with Gasteiger partial charge in [-0.1, -0.05) is 0 Å². The summed E-state index contributed by atoms with van der Waals surface area (Å²) in [5.74, 6) is 0. The average Bonchev–Trinajstić information content (AvgIpc) is 2.48. The molecule has 0 atom stereocenters. The van der Waals surface area contributed by atoms with Crippen molar-refractivity contribution in [3.63, 3.8) is 0 Å². The van der Waals surface area contributed by atoms with Crippen molar-refractivity contribution in [2.75, 3.05) is 0 Å². The molecule has 0 radical (unpaired) electrons. The van der Waals surface area contributed by atoms with Gasteiger partial charge in [0.15, 0.2) is 0 Å². The zero-order valence-electron chi connectivity index (χ0n) is 6.99. The van der Waals surface area contributed by atoms with Gasteiger partial charge in [-0.15, -0.1) is 0 Å². The van der Waals surface area contributed by atoms with E-state index in [4.69, 9.17) is 5.73 Å². The summed E-state index contributed by atoms with van der Waals surface area (Å²) in [6.45, 7) is 0.550. The second kappa shape index (κ2) is 2.60. The van der Waals surface area contributed by atoms with Gasteiger partial charge in [-0.2, -0.15) is 0 Å². The monoisotopic (exact) mass is 161 g/mol. The second-order valence-electron chi connectivity index (χ2n) is 2.86. The maximum atomic E-state index is 5.58. The van der Waals surface area contributed by atoms with E-state index in [1.54, 1.807) is 0 Å². The van der Waals surface area contributed by atoms with Crippen LogP contribution in [0.15, 0.2) is 24.7 Å². The van der Waals surface area contributed by atoms with Crippen LogP contribution in [0.4, 0.5) is 0 Å². The van der Waals surface area contributed by atoms with Gasteiger partial charge in [-0.05, 0) is 11.6 Å². The lowest BCUT2D eigenvalue weighted by Gasteiger charge is -1.99. The van der Waals surface area contributed by atoms with E-state index in [9.17, 15) is 0 Å². The second-order valence-corrected chi connectivity index (χ2v) is 2.86. The van der Waals surface area contributed by atoms with E-state index < -0.39 is 0 Å². The molecule has 2 heterocycles. The molecule has 0 spiro atoms. The van der Waals surface area contributed by atoms with Gasteiger partial charge in [0.2, 0.25) is 0 Å². The van der Waals surface area contributed by atoms with Crippen molar-refractivity contribution in [3.05, 3.63) is 30.2 Å². The van der Waals surface area contributed by atoms with E-state index in [0.717, 1.165) is 11.1 Å². The van der Waals surface area contributed by atoms with Crippen LogP contribution >= 0.6 is 0 Å².